The van der Waals surface area contributed by atoms with Crippen LogP contribution in [0.3, 0.4) is 0 Å². The van der Waals surface area contributed by atoms with Crippen molar-refractivity contribution in [2.45, 2.75) is 37.3 Å². The van der Waals surface area contributed by atoms with Crippen LogP contribution in [0.5, 0.6) is 0 Å². The average molecular weight is 294 g/mol. The van der Waals surface area contributed by atoms with E-state index < -0.39 is 24.4 Å². The molecule has 2 aliphatic rings. The van der Waals surface area contributed by atoms with Gasteiger partial charge < -0.3 is 25.8 Å². The van der Waals surface area contributed by atoms with Crippen LogP contribution in [-0.2, 0) is 11.2 Å². The predicted molar refractivity (Wildman–Crippen MR) is 74.2 cm³/mol. The number of nitrogens with zero attached hydrogens (tertiary/aromatic N) is 3. The number of anilines is 1. The minimum atomic E-state index is -1.09. The van der Waals surface area contributed by atoms with E-state index in [1.807, 2.05) is 0 Å². The number of hydrogen-bond donors (Lipinski definition) is 4. The highest BCUT2D eigenvalue weighted by Crippen LogP contribution is 2.33. The Bertz CT molecular complexity index is 553. The molecule has 1 fully saturated rings. The van der Waals surface area contributed by atoms with E-state index in [-0.39, 0.29) is 12.5 Å². The molecule has 0 spiro atoms. The van der Waals surface area contributed by atoms with E-state index in [0.29, 0.717) is 24.3 Å². The molecule has 0 aromatic carbocycles. The number of rotatable bonds is 2. The zero-order valence-electron chi connectivity index (χ0n) is 11.3. The van der Waals surface area contributed by atoms with Crippen molar-refractivity contribution < 1.29 is 20.1 Å². The Kier molecular flexibility index (Phi) is 3.85. The van der Waals surface area contributed by atoms with Crippen molar-refractivity contribution >= 4 is 17.7 Å². The summed E-state index contributed by atoms with van der Waals surface area (Å²) in [7, 11) is 0. The van der Waals surface area contributed by atoms with Crippen LogP contribution >= 0.6 is 0 Å². The van der Waals surface area contributed by atoms with Gasteiger partial charge in [-0.15, -0.1) is 0 Å². The van der Waals surface area contributed by atoms with Gasteiger partial charge in [-0.1, -0.05) is 0 Å². The molecule has 3 rings (SSSR count). The number of fused-ring (bicyclic) bond motifs is 1. The van der Waals surface area contributed by atoms with Crippen molar-refractivity contribution in [3.8, 4) is 0 Å². The molecule has 0 saturated carbocycles. The number of aryl methyl sites for hydroxylation is 1. The number of hydrogen-bond acceptors (Lipinski definition) is 8. The van der Waals surface area contributed by atoms with Crippen LogP contribution in [0.1, 0.15) is 12.1 Å². The molecule has 8 nitrogen and oxygen atoms in total. The predicted octanol–water partition coefficient (Wildman–Crippen LogP) is -1.20. The van der Waals surface area contributed by atoms with E-state index in [2.05, 4.69) is 15.0 Å². The summed E-state index contributed by atoms with van der Waals surface area (Å²) >= 11 is 0. The largest absolute Gasteiger partial charge is 0.394 e. The number of aliphatic hydroxyl groups excluding tert-OH is 3. The Hall–Kier alpha value is -1.61. The van der Waals surface area contributed by atoms with E-state index in [0.717, 1.165) is 5.69 Å². The molecule has 3 unspecified atom stereocenters. The molecular formula is C13H18N4O4. The summed E-state index contributed by atoms with van der Waals surface area (Å²) in [6.45, 7) is -0.336. The maximum atomic E-state index is 10.1. The monoisotopic (exact) mass is 294 g/mol. The van der Waals surface area contributed by atoms with Crippen LogP contribution in [0.2, 0.25) is 0 Å². The molecule has 0 radical (unpaired) electrons. The van der Waals surface area contributed by atoms with Gasteiger partial charge in [-0.25, -0.2) is 9.97 Å². The lowest BCUT2D eigenvalue weighted by Crippen LogP contribution is -2.37. The first kappa shape index (κ1) is 14.3. The third kappa shape index (κ3) is 2.51. The van der Waals surface area contributed by atoms with E-state index >= 15 is 0 Å². The summed E-state index contributed by atoms with van der Waals surface area (Å²) in [5.74, 6) is 0.123. The average Bonchev–Trinajstić information content (AvgIpc) is 2.67. The number of aromatic nitrogens is 2. The second kappa shape index (κ2) is 5.64. The maximum Gasteiger partial charge on any atom is 0.153 e. The standard InChI is InChI=1S/C13H18N4O4/c14-13-9-7(16-5-17-13)2-1-6(3-15-9)12-11(20)10(19)8(4-18)21-12/h3,5-6,8,10-12,18-20H,1-2,4H2,(H2,14,16,17)/t6?,8?,10-,11-,12?/m0/s1. The van der Waals surface area contributed by atoms with Crippen molar-refractivity contribution in [1.29, 1.82) is 0 Å². The van der Waals surface area contributed by atoms with Crippen LogP contribution in [-0.4, -0.2) is 62.5 Å². The number of nitrogen functional groups attached to an aromatic ring is 1. The highest BCUT2D eigenvalue weighted by atomic mass is 16.6. The second-order valence-corrected chi connectivity index (χ2v) is 5.34. The zero-order valence-corrected chi connectivity index (χ0v) is 11.3. The van der Waals surface area contributed by atoms with Gasteiger partial charge in [-0.2, -0.15) is 0 Å². The van der Waals surface area contributed by atoms with Crippen molar-refractivity contribution in [3.63, 3.8) is 0 Å². The zero-order chi connectivity index (χ0) is 15.0. The van der Waals surface area contributed by atoms with Gasteiger partial charge in [0.15, 0.2) is 5.82 Å². The SMILES string of the molecule is Nc1ncnc2c1N=CC(C1OC(CO)[C@H](O)[C@@H]1O)CC2. The lowest BCUT2D eigenvalue weighted by molar-refractivity contribution is -0.0326. The summed E-state index contributed by atoms with van der Waals surface area (Å²) < 4.78 is 5.55. The molecule has 1 aromatic heterocycles. The molecule has 5 N–H and O–H groups in total. The molecule has 3 heterocycles. The van der Waals surface area contributed by atoms with E-state index in [4.69, 9.17) is 15.6 Å². The number of ether oxygens (including phenoxy) is 1. The molecule has 0 aliphatic carbocycles. The van der Waals surface area contributed by atoms with Gasteiger partial charge in [0, 0.05) is 12.1 Å². The first-order valence-corrected chi connectivity index (χ1v) is 6.87. The normalized spacial score (nSPS) is 35.5. The third-order valence-corrected chi connectivity index (χ3v) is 4.04. The number of aliphatic imine (C=N–C) groups is 1. The Morgan fingerprint density at radius 3 is 2.81 bits per heavy atom. The summed E-state index contributed by atoms with van der Waals surface area (Å²) in [5.41, 5.74) is 7.09. The van der Waals surface area contributed by atoms with Crippen LogP contribution in [0, 0.1) is 5.92 Å². The minimum absolute atomic E-state index is 0.195. The van der Waals surface area contributed by atoms with Crippen LogP contribution in [0.15, 0.2) is 11.3 Å². The summed E-state index contributed by atoms with van der Waals surface area (Å²) in [6.07, 6.45) is 0.812. The first-order chi connectivity index (χ1) is 10.1. The molecule has 0 amide bonds. The van der Waals surface area contributed by atoms with E-state index in [1.54, 1.807) is 6.21 Å². The molecule has 1 saturated heterocycles. The van der Waals surface area contributed by atoms with Crippen LogP contribution in [0.25, 0.3) is 0 Å². The van der Waals surface area contributed by atoms with Gasteiger partial charge in [-0.3, -0.25) is 4.99 Å². The summed E-state index contributed by atoms with van der Waals surface area (Å²) in [5, 5.41) is 29.0. The van der Waals surface area contributed by atoms with Crippen molar-refractivity contribution in [1.82, 2.24) is 9.97 Å². The Morgan fingerprint density at radius 2 is 2.10 bits per heavy atom. The quantitative estimate of drug-likeness (QED) is 0.538. The summed E-state index contributed by atoms with van der Waals surface area (Å²) in [6, 6.07) is 0. The molecular weight excluding hydrogens is 276 g/mol. The molecule has 114 valence electrons. The molecule has 8 heteroatoms. The van der Waals surface area contributed by atoms with Gasteiger partial charge >= 0.3 is 0 Å². The fraction of sp³-hybridized carbons (Fsp3) is 0.615. The van der Waals surface area contributed by atoms with Crippen molar-refractivity contribution in [2.24, 2.45) is 10.9 Å². The van der Waals surface area contributed by atoms with Gasteiger partial charge in [0.05, 0.1) is 18.4 Å². The Labute approximate surface area is 121 Å². The Balaban J connectivity index is 1.81. The Morgan fingerprint density at radius 1 is 1.29 bits per heavy atom. The molecule has 1 aromatic rings. The highest BCUT2D eigenvalue weighted by molar-refractivity contribution is 5.73. The van der Waals surface area contributed by atoms with Crippen molar-refractivity contribution in [2.75, 3.05) is 12.3 Å². The van der Waals surface area contributed by atoms with Crippen LogP contribution in [0.4, 0.5) is 11.5 Å². The molecule has 2 aliphatic heterocycles. The van der Waals surface area contributed by atoms with Crippen LogP contribution < -0.4 is 5.73 Å². The smallest absolute Gasteiger partial charge is 0.153 e. The maximum absolute atomic E-state index is 10.1. The number of nitrogens with two attached hydrogens (primary N) is 1. The second-order valence-electron chi connectivity index (χ2n) is 5.34. The molecule has 5 atom stereocenters. The summed E-state index contributed by atoms with van der Waals surface area (Å²) in [4.78, 5) is 12.4. The topological polar surface area (TPSA) is 134 Å². The highest BCUT2D eigenvalue weighted by Gasteiger charge is 2.45. The van der Waals surface area contributed by atoms with Gasteiger partial charge in [0.1, 0.15) is 30.3 Å². The fourth-order valence-corrected chi connectivity index (χ4v) is 2.83. The van der Waals surface area contributed by atoms with E-state index in [9.17, 15) is 10.2 Å². The minimum Gasteiger partial charge on any atom is -0.394 e. The number of aliphatic hydroxyl groups is 3. The van der Waals surface area contributed by atoms with E-state index in [1.165, 1.54) is 6.33 Å². The fourth-order valence-electron chi connectivity index (χ4n) is 2.83. The van der Waals surface area contributed by atoms with Crippen molar-refractivity contribution in [3.05, 3.63) is 12.0 Å². The first-order valence-electron chi connectivity index (χ1n) is 6.87. The third-order valence-electron chi connectivity index (χ3n) is 4.04. The lowest BCUT2D eigenvalue weighted by Gasteiger charge is -2.21. The van der Waals surface area contributed by atoms with Gasteiger partial charge in [-0.05, 0) is 12.8 Å². The molecule has 0 bridgehead atoms. The van der Waals surface area contributed by atoms with Gasteiger partial charge in [0.2, 0.25) is 0 Å². The van der Waals surface area contributed by atoms with Gasteiger partial charge in [0.25, 0.3) is 0 Å². The lowest BCUT2D eigenvalue weighted by atomic mass is 9.93. The molecule has 21 heavy (non-hydrogen) atoms.